The standard InChI is InChI=1S/C14H11ClN4O2/c1-2-12(21)19-14-13(11(20)5-6-16)17-9-4-3-8(15)7-10(9)18-14/h3-4,7H,2,5H2,1H3,(H,18,19,21). The Morgan fingerprint density at radius 3 is 2.76 bits per heavy atom. The molecule has 0 aliphatic carbocycles. The molecule has 0 saturated heterocycles. The fourth-order valence-corrected chi connectivity index (χ4v) is 1.85. The molecule has 0 aliphatic heterocycles. The maximum atomic E-state index is 11.9. The van der Waals surface area contributed by atoms with Crippen LogP contribution < -0.4 is 5.32 Å². The molecule has 0 fully saturated rings. The molecule has 2 aromatic rings. The van der Waals surface area contributed by atoms with Gasteiger partial charge < -0.3 is 5.32 Å². The van der Waals surface area contributed by atoms with E-state index in [9.17, 15) is 9.59 Å². The molecule has 0 atom stereocenters. The van der Waals surface area contributed by atoms with Gasteiger partial charge in [0.25, 0.3) is 0 Å². The second kappa shape index (κ2) is 6.29. The number of ketones is 1. The smallest absolute Gasteiger partial charge is 0.225 e. The van der Waals surface area contributed by atoms with Crippen molar-refractivity contribution in [3.63, 3.8) is 0 Å². The molecule has 0 bridgehead atoms. The number of benzene rings is 1. The molecule has 0 spiro atoms. The Morgan fingerprint density at radius 2 is 2.10 bits per heavy atom. The van der Waals surface area contributed by atoms with E-state index in [1.807, 2.05) is 0 Å². The van der Waals surface area contributed by atoms with Gasteiger partial charge in [-0.05, 0) is 18.2 Å². The average Bonchev–Trinajstić information content (AvgIpc) is 2.46. The summed E-state index contributed by atoms with van der Waals surface area (Å²) in [5.74, 6) is -0.734. The lowest BCUT2D eigenvalue weighted by Gasteiger charge is -2.09. The van der Waals surface area contributed by atoms with Gasteiger partial charge in [-0.15, -0.1) is 0 Å². The Kier molecular flexibility index (Phi) is 4.45. The monoisotopic (exact) mass is 302 g/mol. The Balaban J connectivity index is 2.59. The first kappa shape index (κ1) is 14.9. The third-order valence-corrected chi connectivity index (χ3v) is 2.94. The second-order valence-corrected chi connectivity index (χ2v) is 4.65. The van der Waals surface area contributed by atoms with Crippen molar-refractivity contribution < 1.29 is 9.59 Å². The maximum absolute atomic E-state index is 11.9. The molecular formula is C14H11ClN4O2. The predicted octanol–water partition coefficient (Wildman–Crippen LogP) is 2.73. The average molecular weight is 303 g/mol. The molecule has 0 saturated carbocycles. The Labute approximate surface area is 125 Å². The number of nitrogens with one attached hydrogen (secondary N) is 1. The van der Waals surface area contributed by atoms with Crippen LogP contribution in [0.5, 0.6) is 0 Å². The summed E-state index contributed by atoms with van der Waals surface area (Å²) in [6.45, 7) is 1.68. The van der Waals surface area contributed by atoms with Crippen molar-refractivity contribution in [2.24, 2.45) is 0 Å². The summed E-state index contributed by atoms with van der Waals surface area (Å²) in [4.78, 5) is 31.9. The van der Waals surface area contributed by atoms with Crippen molar-refractivity contribution in [2.45, 2.75) is 19.8 Å². The van der Waals surface area contributed by atoms with Crippen LogP contribution in [0.2, 0.25) is 5.02 Å². The first-order chi connectivity index (χ1) is 10.0. The minimum Gasteiger partial charge on any atom is -0.309 e. The fraction of sp³-hybridized carbons (Fsp3) is 0.214. The first-order valence-electron chi connectivity index (χ1n) is 6.22. The molecule has 2 rings (SSSR count). The number of aromatic nitrogens is 2. The van der Waals surface area contributed by atoms with Gasteiger partial charge in [0.1, 0.15) is 6.42 Å². The SMILES string of the molecule is CCC(=O)Nc1nc2cc(Cl)ccc2nc1C(=O)CC#N. The van der Waals surface area contributed by atoms with Gasteiger partial charge >= 0.3 is 0 Å². The number of rotatable bonds is 4. The number of carbonyl (C=O) groups is 2. The number of halogens is 1. The van der Waals surface area contributed by atoms with Gasteiger partial charge in [-0.3, -0.25) is 9.59 Å². The van der Waals surface area contributed by atoms with E-state index >= 15 is 0 Å². The fourth-order valence-electron chi connectivity index (χ4n) is 1.69. The van der Waals surface area contributed by atoms with Gasteiger partial charge in [0.15, 0.2) is 17.3 Å². The van der Waals surface area contributed by atoms with Crippen molar-refractivity contribution in [1.82, 2.24) is 9.97 Å². The number of amides is 1. The highest BCUT2D eigenvalue weighted by atomic mass is 35.5. The Hall–Kier alpha value is -2.52. The zero-order valence-corrected chi connectivity index (χ0v) is 11.9. The van der Waals surface area contributed by atoms with Gasteiger partial charge in [0, 0.05) is 11.4 Å². The van der Waals surface area contributed by atoms with Crippen LogP contribution in [0.3, 0.4) is 0 Å². The molecule has 1 heterocycles. The van der Waals surface area contributed by atoms with E-state index in [0.717, 1.165) is 0 Å². The normalized spacial score (nSPS) is 10.1. The van der Waals surface area contributed by atoms with E-state index in [4.69, 9.17) is 16.9 Å². The molecule has 6 nitrogen and oxygen atoms in total. The number of carbonyl (C=O) groups excluding carboxylic acids is 2. The predicted molar refractivity (Wildman–Crippen MR) is 78.0 cm³/mol. The molecule has 0 radical (unpaired) electrons. The highest BCUT2D eigenvalue weighted by molar-refractivity contribution is 6.31. The van der Waals surface area contributed by atoms with Crippen molar-refractivity contribution in [2.75, 3.05) is 5.32 Å². The summed E-state index contributed by atoms with van der Waals surface area (Å²) in [5.41, 5.74) is 0.908. The molecule has 1 N–H and O–H groups in total. The van der Waals surface area contributed by atoms with E-state index in [-0.39, 0.29) is 30.3 Å². The van der Waals surface area contributed by atoms with Crippen LogP contribution in [0.1, 0.15) is 30.3 Å². The van der Waals surface area contributed by atoms with Crippen LogP contribution in [0.15, 0.2) is 18.2 Å². The van der Waals surface area contributed by atoms with Gasteiger partial charge in [-0.2, -0.15) is 5.26 Å². The third-order valence-electron chi connectivity index (χ3n) is 2.71. The topological polar surface area (TPSA) is 95.7 Å². The van der Waals surface area contributed by atoms with Crippen molar-refractivity contribution >= 4 is 40.1 Å². The van der Waals surface area contributed by atoms with Gasteiger partial charge in [0.2, 0.25) is 5.91 Å². The van der Waals surface area contributed by atoms with E-state index in [0.29, 0.717) is 16.1 Å². The van der Waals surface area contributed by atoms with E-state index in [1.165, 1.54) is 0 Å². The largest absolute Gasteiger partial charge is 0.309 e. The van der Waals surface area contributed by atoms with Crippen molar-refractivity contribution in [1.29, 1.82) is 5.26 Å². The molecule has 0 aliphatic rings. The van der Waals surface area contributed by atoms with Crippen LogP contribution in [-0.4, -0.2) is 21.7 Å². The Bertz CT molecular complexity index is 767. The molecule has 1 aromatic carbocycles. The number of nitriles is 1. The van der Waals surface area contributed by atoms with Crippen LogP contribution in [-0.2, 0) is 4.79 Å². The minimum atomic E-state index is -0.492. The highest BCUT2D eigenvalue weighted by Gasteiger charge is 2.17. The summed E-state index contributed by atoms with van der Waals surface area (Å²) in [6, 6.07) is 6.60. The number of anilines is 1. The van der Waals surface area contributed by atoms with Crippen LogP contribution in [0.25, 0.3) is 11.0 Å². The molecule has 106 valence electrons. The van der Waals surface area contributed by atoms with Gasteiger partial charge in [-0.1, -0.05) is 18.5 Å². The minimum absolute atomic E-state index is 0.0202. The lowest BCUT2D eigenvalue weighted by atomic mass is 10.2. The van der Waals surface area contributed by atoms with Crippen molar-refractivity contribution in [3.05, 3.63) is 28.9 Å². The molecule has 0 unspecified atom stereocenters. The highest BCUT2D eigenvalue weighted by Crippen LogP contribution is 2.21. The molecule has 1 aromatic heterocycles. The first-order valence-corrected chi connectivity index (χ1v) is 6.60. The van der Waals surface area contributed by atoms with Crippen LogP contribution in [0.4, 0.5) is 5.82 Å². The molecule has 1 amide bonds. The summed E-state index contributed by atoms with van der Waals surface area (Å²) in [7, 11) is 0. The number of Topliss-reactive ketones (excluding diaryl/α,β-unsaturated/α-hetero) is 1. The zero-order chi connectivity index (χ0) is 15.4. The number of hydrogen-bond acceptors (Lipinski definition) is 5. The maximum Gasteiger partial charge on any atom is 0.225 e. The number of hydrogen-bond donors (Lipinski definition) is 1. The Morgan fingerprint density at radius 1 is 1.33 bits per heavy atom. The molecule has 7 heteroatoms. The molecular weight excluding hydrogens is 292 g/mol. The quantitative estimate of drug-likeness (QED) is 0.876. The van der Waals surface area contributed by atoms with Gasteiger partial charge in [0.05, 0.1) is 17.1 Å². The summed E-state index contributed by atoms with van der Waals surface area (Å²) < 4.78 is 0. The zero-order valence-electron chi connectivity index (χ0n) is 11.2. The van der Waals surface area contributed by atoms with Crippen molar-refractivity contribution in [3.8, 4) is 6.07 Å². The second-order valence-electron chi connectivity index (χ2n) is 4.21. The molecule has 21 heavy (non-hydrogen) atoms. The lowest BCUT2D eigenvalue weighted by Crippen LogP contribution is -2.16. The van der Waals surface area contributed by atoms with E-state index in [1.54, 1.807) is 31.2 Å². The van der Waals surface area contributed by atoms with Crippen LogP contribution >= 0.6 is 11.6 Å². The third kappa shape index (κ3) is 3.33. The lowest BCUT2D eigenvalue weighted by molar-refractivity contribution is -0.115. The summed E-state index contributed by atoms with van der Waals surface area (Å²) in [6.07, 6.45) is -0.0933. The van der Waals surface area contributed by atoms with E-state index in [2.05, 4.69) is 15.3 Å². The summed E-state index contributed by atoms with van der Waals surface area (Å²) >= 11 is 5.89. The van der Waals surface area contributed by atoms with Crippen LogP contribution in [0, 0.1) is 11.3 Å². The number of nitrogens with zero attached hydrogens (tertiary/aromatic N) is 3. The summed E-state index contributed by atoms with van der Waals surface area (Å²) in [5, 5.41) is 11.6. The number of fused-ring (bicyclic) bond motifs is 1. The van der Waals surface area contributed by atoms with Gasteiger partial charge in [-0.25, -0.2) is 9.97 Å². The van der Waals surface area contributed by atoms with E-state index < -0.39 is 5.78 Å².